The molecule has 152 valence electrons. The molecule has 8 heteroatoms. The Morgan fingerprint density at radius 1 is 1.17 bits per heavy atom. The second-order valence-corrected chi connectivity index (χ2v) is 7.06. The summed E-state index contributed by atoms with van der Waals surface area (Å²) in [6.45, 7) is 2.19. The molecule has 1 aliphatic heterocycles. The zero-order chi connectivity index (χ0) is 21.3. The van der Waals surface area contributed by atoms with Crippen LogP contribution in [0.5, 0.6) is 0 Å². The molecule has 3 aromatic rings. The Bertz CT molecular complexity index is 1120. The number of Topliss-reactive ketones (excluding diaryl/α,β-unsaturated/α-hetero) is 1. The predicted molar refractivity (Wildman–Crippen MR) is 109 cm³/mol. The van der Waals surface area contributed by atoms with Crippen LogP contribution >= 0.6 is 0 Å². The van der Waals surface area contributed by atoms with Crippen molar-refractivity contribution in [1.29, 1.82) is 0 Å². The Labute approximate surface area is 173 Å². The lowest BCUT2D eigenvalue weighted by molar-refractivity contribution is -0.384. The molecule has 0 fully saturated rings. The molecule has 8 nitrogen and oxygen atoms in total. The van der Waals surface area contributed by atoms with Crippen molar-refractivity contribution in [3.8, 4) is 0 Å². The number of hydroxylamine groups is 2. The Balaban J connectivity index is 1.75. The molecule has 0 amide bonds. The summed E-state index contributed by atoms with van der Waals surface area (Å²) in [6.07, 6.45) is 3.28. The van der Waals surface area contributed by atoms with Gasteiger partial charge in [-0.25, -0.2) is 4.98 Å². The lowest BCUT2D eigenvalue weighted by Crippen LogP contribution is -2.26. The predicted octanol–water partition coefficient (Wildman–Crippen LogP) is 3.97. The molecule has 2 aromatic carbocycles. The fourth-order valence-electron chi connectivity index (χ4n) is 3.60. The molecule has 0 aliphatic carbocycles. The van der Waals surface area contributed by atoms with Gasteiger partial charge in [-0.05, 0) is 18.1 Å². The topological polar surface area (TPSA) is 90.5 Å². The van der Waals surface area contributed by atoms with E-state index in [1.165, 1.54) is 12.1 Å². The number of hydrogen-bond donors (Lipinski definition) is 0. The van der Waals surface area contributed by atoms with Gasteiger partial charge in [-0.3, -0.25) is 14.9 Å². The van der Waals surface area contributed by atoms with Crippen molar-refractivity contribution in [1.82, 2.24) is 14.6 Å². The van der Waals surface area contributed by atoms with Crippen molar-refractivity contribution < 1.29 is 14.6 Å². The van der Waals surface area contributed by atoms with E-state index < -0.39 is 11.0 Å². The average molecular weight is 404 g/mol. The zero-order valence-corrected chi connectivity index (χ0v) is 16.6. The van der Waals surface area contributed by atoms with Crippen LogP contribution in [0.1, 0.15) is 34.7 Å². The van der Waals surface area contributed by atoms with Crippen molar-refractivity contribution in [2.75, 3.05) is 0 Å². The molecule has 0 spiro atoms. The molecule has 1 aromatic heterocycles. The van der Waals surface area contributed by atoms with Crippen molar-refractivity contribution in [3.63, 3.8) is 0 Å². The summed E-state index contributed by atoms with van der Waals surface area (Å²) in [5.41, 5.74) is 2.20. The molecule has 0 radical (unpaired) electrons. The van der Waals surface area contributed by atoms with Crippen LogP contribution in [0, 0.1) is 10.1 Å². The van der Waals surface area contributed by atoms with E-state index in [-0.39, 0.29) is 11.5 Å². The number of non-ortho nitro benzene ring substituents is 1. The van der Waals surface area contributed by atoms with E-state index in [9.17, 15) is 14.9 Å². The van der Waals surface area contributed by atoms with E-state index in [4.69, 9.17) is 4.84 Å². The Morgan fingerprint density at radius 2 is 1.87 bits per heavy atom. The number of aryl methyl sites for hydroxylation is 1. The second kappa shape index (κ2) is 7.92. The van der Waals surface area contributed by atoms with Crippen LogP contribution in [0.4, 0.5) is 5.69 Å². The van der Waals surface area contributed by atoms with E-state index in [1.54, 1.807) is 48.1 Å². The van der Waals surface area contributed by atoms with E-state index in [0.717, 1.165) is 11.1 Å². The van der Waals surface area contributed by atoms with Gasteiger partial charge in [-0.15, -0.1) is 5.06 Å². The largest absolute Gasteiger partial charge is 0.409 e. The first-order valence-corrected chi connectivity index (χ1v) is 9.41. The van der Waals surface area contributed by atoms with Crippen molar-refractivity contribution in [3.05, 3.63) is 105 Å². The van der Waals surface area contributed by atoms with Crippen LogP contribution in [-0.2, 0) is 18.4 Å². The first-order chi connectivity index (χ1) is 14.5. The minimum Gasteiger partial charge on any atom is -0.409 e. The molecule has 0 saturated carbocycles. The van der Waals surface area contributed by atoms with Gasteiger partial charge in [0.05, 0.1) is 17.0 Å². The first kappa shape index (κ1) is 19.5. The first-order valence-electron chi connectivity index (χ1n) is 9.41. The van der Waals surface area contributed by atoms with Crippen LogP contribution in [0.15, 0.2) is 78.3 Å². The molecular weight excluding hydrogens is 384 g/mol. The van der Waals surface area contributed by atoms with Gasteiger partial charge in [-0.2, -0.15) is 0 Å². The summed E-state index contributed by atoms with van der Waals surface area (Å²) in [5.74, 6) is 0.558. The number of imidazole rings is 1. The molecule has 30 heavy (non-hydrogen) atoms. The SMILES string of the molecule is CC1=C(C(=O)c2nccn2C)[C@@H](c2ccc([N+](=O)[O-])cc2)N(Cc2ccccc2)O1. The average Bonchev–Trinajstić information content (AvgIpc) is 3.31. The van der Waals surface area contributed by atoms with Gasteiger partial charge in [0.2, 0.25) is 5.78 Å². The number of aromatic nitrogens is 2. The number of hydrogen-bond acceptors (Lipinski definition) is 6. The summed E-state index contributed by atoms with van der Waals surface area (Å²) in [5, 5.41) is 12.8. The Kier molecular flexibility index (Phi) is 5.16. The maximum atomic E-state index is 13.3. The third kappa shape index (κ3) is 3.60. The second-order valence-electron chi connectivity index (χ2n) is 7.06. The van der Waals surface area contributed by atoms with Gasteiger partial charge in [0.1, 0.15) is 11.8 Å². The van der Waals surface area contributed by atoms with Crippen LogP contribution in [0.2, 0.25) is 0 Å². The number of ketones is 1. The summed E-state index contributed by atoms with van der Waals surface area (Å²) < 4.78 is 1.66. The standard InChI is InChI=1S/C22H20N4O4/c1-15-19(21(27)22-23-12-13-24(22)2)20(17-8-10-18(11-9-17)26(28)29)25(30-15)14-16-6-4-3-5-7-16/h3-13,20H,14H2,1-2H3/t20-/m1/s1. The summed E-state index contributed by atoms with van der Waals surface area (Å²) in [4.78, 5) is 34.1. The lowest BCUT2D eigenvalue weighted by atomic mass is 9.94. The molecule has 0 saturated heterocycles. The van der Waals surface area contributed by atoms with E-state index in [2.05, 4.69) is 4.98 Å². The van der Waals surface area contributed by atoms with E-state index in [1.807, 2.05) is 30.3 Å². The fraction of sp³-hybridized carbons (Fsp3) is 0.182. The molecule has 0 unspecified atom stereocenters. The maximum absolute atomic E-state index is 13.3. The minimum atomic E-state index is -0.518. The number of carbonyl (C=O) groups excluding carboxylic acids is 1. The number of carbonyl (C=O) groups is 1. The highest BCUT2D eigenvalue weighted by Crippen LogP contribution is 2.40. The number of allylic oxidation sites excluding steroid dienone is 1. The van der Waals surface area contributed by atoms with Gasteiger partial charge in [0, 0.05) is 31.6 Å². The van der Waals surface area contributed by atoms with Crippen LogP contribution < -0.4 is 0 Å². The summed E-state index contributed by atoms with van der Waals surface area (Å²) in [7, 11) is 1.76. The highest BCUT2D eigenvalue weighted by Gasteiger charge is 2.40. The third-order valence-corrected chi connectivity index (χ3v) is 5.06. The molecule has 4 rings (SSSR count). The molecule has 1 aliphatic rings. The smallest absolute Gasteiger partial charge is 0.269 e. The van der Waals surface area contributed by atoms with E-state index >= 15 is 0 Å². The maximum Gasteiger partial charge on any atom is 0.269 e. The minimum absolute atomic E-state index is 0.00930. The van der Waals surface area contributed by atoms with Gasteiger partial charge in [-0.1, -0.05) is 42.5 Å². The lowest BCUT2D eigenvalue weighted by Gasteiger charge is -2.24. The van der Waals surface area contributed by atoms with E-state index in [0.29, 0.717) is 23.7 Å². The molecular formula is C22H20N4O4. The van der Waals surface area contributed by atoms with Gasteiger partial charge in [0.15, 0.2) is 5.82 Å². The van der Waals surface area contributed by atoms with Crippen LogP contribution in [0.3, 0.4) is 0 Å². The molecule has 0 bridgehead atoms. The molecule has 2 heterocycles. The van der Waals surface area contributed by atoms with Crippen molar-refractivity contribution in [2.24, 2.45) is 7.05 Å². The van der Waals surface area contributed by atoms with Crippen molar-refractivity contribution in [2.45, 2.75) is 19.5 Å². The van der Waals surface area contributed by atoms with Crippen molar-refractivity contribution >= 4 is 11.5 Å². The number of rotatable bonds is 6. The highest BCUT2D eigenvalue weighted by molar-refractivity contribution is 6.07. The quantitative estimate of drug-likeness (QED) is 0.351. The van der Waals surface area contributed by atoms with Crippen LogP contribution in [0.25, 0.3) is 0 Å². The zero-order valence-electron chi connectivity index (χ0n) is 16.6. The van der Waals surface area contributed by atoms with Crippen LogP contribution in [-0.4, -0.2) is 25.3 Å². The molecule has 1 atom stereocenters. The van der Waals surface area contributed by atoms with Gasteiger partial charge < -0.3 is 9.40 Å². The summed E-state index contributed by atoms with van der Waals surface area (Å²) in [6, 6.07) is 15.4. The summed E-state index contributed by atoms with van der Waals surface area (Å²) >= 11 is 0. The van der Waals surface area contributed by atoms with Gasteiger partial charge in [0.25, 0.3) is 5.69 Å². The van der Waals surface area contributed by atoms with Gasteiger partial charge >= 0.3 is 0 Å². The number of nitrogens with zero attached hydrogens (tertiary/aromatic N) is 4. The normalized spacial score (nSPS) is 16.5. The molecule has 0 N–H and O–H groups in total. The number of nitro benzene ring substituents is 1. The monoisotopic (exact) mass is 404 g/mol. The fourth-order valence-corrected chi connectivity index (χ4v) is 3.60. The Hall–Kier alpha value is -3.78. The number of nitro groups is 1. The highest BCUT2D eigenvalue weighted by atomic mass is 16.7. The number of benzene rings is 2. The third-order valence-electron chi connectivity index (χ3n) is 5.06. The Morgan fingerprint density at radius 3 is 2.47 bits per heavy atom.